The topological polar surface area (TPSA) is 43.7 Å². The molecule has 5 heteroatoms. The second kappa shape index (κ2) is 8.72. The summed E-state index contributed by atoms with van der Waals surface area (Å²) in [5, 5.41) is 0. The fourth-order valence-corrected chi connectivity index (χ4v) is 4.16. The van der Waals surface area contributed by atoms with Crippen molar-refractivity contribution < 1.29 is 30.5 Å². The number of aromatic nitrogens is 1. The van der Waals surface area contributed by atoms with Crippen LogP contribution < -0.4 is 4.74 Å². The Balaban J connectivity index is 0.00000216. The normalized spacial score (nSPS) is 18.1. The van der Waals surface area contributed by atoms with Gasteiger partial charge in [0.15, 0.2) is 0 Å². The predicted molar refractivity (Wildman–Crippen MR) is 118 cm³/mol. The maximum atomic E-state index is 6.18. The molecule has 3 aromatic carbocycles. The smallest absolute Gasteiger partial charge is 0.514 e. The second-order valence-corrected chi connectivity index (χ2v) is 7.61. The van der Waals surface area contributed by atoms with Crippen LogP contribution in [0.25, 0.3) is 11.3 Å². The average Bonchev–Trinajstić information content (AvgIpc) is 3.38. The molecular weight excluding hydrogens is 579 g/mol. The molecule has 0 saturated carbocycles. The third kappa shape index (κ3) is 3.87. The van der Waals surface area contributed by atoms with Gasteiger partial charge in [0.05, 0.1) is 0 Å². The summed E-state index contributed by atoms with van der Waals surface area (Å²) in [6.45, 7) is 0. The molecule has 0 fully saturated rings. The van der Waals surface area contributed by atoms with E-state index in [1.54, 1.807) is 6.20 Å². The Kier molecular flexibility index (Phi) is 5.63. The van der Waals surface area contributed by atoms with Crippen molar-refractivity contribution in [2.45, 2.75) is 18.6 Å². The van der Waals surface area contributed by atoms with Gasteiger partial charge in [-0.25, -0.2) is 0 Å². The molecule has 1 aromatic heterocycles. The maximum Gasteiger partial charge on any atom is 2.00 e. The number of benzene rings is 3. The molecule has 2 heterocycles. The minimum absolute atomic E-state index is 0. The maximum absolute atomic E-state index is 6.18. The monoisotopic (exact) mass is 597 g/mol. The van der Waals surface area contributed by atoms with Crippen molar-refractivity contribution >= 4 is 5.90 Å². The van der Waals surface area contributed by atoms with E-state index in [2.05, 4.69) is 41.4 Å². The molecule has 6 rings (SSSR count). The number of hydrogen-bond donors (Lipinski definition) is 0. The molecule has 0 spiro atoms. The molecule has 32 heavy (non-hydrogen) atoms. The minimum Gasteiger partial charge on any atom is -0.514 e. The van der Waals surface area contributed by atoms with Crippen LogP contribution in [0.3, 0.4) is 0 Å². The molecule has 4 aromatic rings. The van der Waals surface area contributed by atoms with Crippen molar-refractivity contribution in [3.05, 3.63) is 114 Å². The van der Waals surface area contributed by atoms with Crippen LogP contribution in [0, 0.1) is 12.1 Å². The fourth-order valence-electron chi connectivity index (χ4n) is 4.16. The second-order valence-electron chi connectivity index (χ2n) is 7.61. The Hall–Kier alpha value is -3.23. The Bertz CT molecular complexity index is 1290. The van der Waals surface area contributed by atoms with E-state index in [1.807, 2.05) is 54.6 Å². The van der Waals surface area contributed by atoms with Crippen LogP contribution in [-0.4, -0.2) is 17.0 Å². The van der Waals surface area contributed by atoms with Gasteiger partial charge in [-0.1, -0.05) is 54.1 Å². The standard InChI is InChI=1S/C27H18N2O2.Pt/c1-2-12-23-18(7-1)17-25-26(23)29-27(31-25)20-9-6-11-22(16-20)30-21-10-5-8-19(15-21)24-13-3-4-14-28-24;/h1-14,25-26H,17H2;/q-2;+2/t25-,26+;/m1./s1. The summed E-state index contributed by atoms with van der Waals surface area (Å²) in [5.74, 6) is 1.83. The van der Waals surface area contributed by atoms with Crippen molar-refractivity contribution in [2.75, 3.05) is 0 Å². The molecule has 0 amide bonds. The molecule has 1 aliphatic carbocycles. The summed E-state index contributed by atoms with van der Waals surface area (Å²) in [4.78, 5) is 9.24. The van der Waals surface area contributed by atoms with E-state index in [-0.39, 0.29) is 33.2 Å². The molecule has 2 atom stereocenters. The Labute approximate surface area is 201 Å². The molecule has 4 nitrogen and oxygen atoms in total. The number of aliphatic imine (C=N–C) groups is 1. The van der Waals surface area contributed by atoms with Crippen LogP contribution in [0.15, 0.2) is 90.1 Å². The van der Waals surface area contributed by atoms with Crippen LogP contribution in [0.1, 0.15) is 22.7 Å². The zero-order valence-electron chi connectivity index (χ0n) is 17.0. The van der Waals surface area contributed by atoms with Crippen molar-refractivity contribution in [3.8, 4) is 22.8 Å². The number of hydrogen-bond acceptors (Lipinski definition) is 4. The van der Waals surface area contributed by atoms with Gasteiger partial charge in [-0.2, -0.15) is 0 Å². The quantitative estimate of drug-likeness (QED) is 0.289. The largest absolute Gasteiger partial charge is 2.00 e. The van der Waals surface area contributed by atoms with E-state index in [4.69, 9.17) is 14.5 Å². The minimum atomic E-state index is 0. The zero-order valence-corrected chi connectivity index (χ0v) is 19.2. The van der Waals surface area contributed by atoms with Gasteiger partial charge in [0.1, 0.15) is 18.0 Å². The van der Waals surface area contributed by atoms with Gasteiger partial charge in [-0.05, 0) is 22.9 Å². The summed E-state index contributed by atoms with van der Waals surface area (Å²) in [6, 6.07) is 32.4. The van der Waals surface area contributed by atoms with Crippen LogP contribution >= 0.6 is 0 Å². The van der Waals surface area contributed by atoms with E-state index < -0.39 is 0 Å². The number of rotatable bonds is 4. The summed E-state index contributed by atoms with van der Waals surface area (Å²) >= 11 is 0. The van der Waals surface area contributed by atoms with E-state index in [9.17, 15) is 0 Å². The van der Waals surface area contributed by atoms with E-state index >= 15 is 0 Å². The summed E-state index contributed by atoms with van der Waals surface area (Å²) < 4.78 is 12.2. The first-order chi connectivity index (χ1) is 15.3. The van der Waals surface area contributed by atoms with E-state index in [0.717, 1.165) is 23.2 Å². The summed E-state index contributed by atoms with van der Waals surface area (Å²) in [5.41, 5.74) is 5.11. The van der Waals surface area contributed by atoms with Crippen molar-refractivity contribution in [2.24, 2.45) is 4.99 Å². The van der Waals surface area contributed by atoms with Crippen molar-refractivity contribution in [1.82, 2.24) is 4.98 Å². The first-order valence-corrected chi connectivity index (χ1v) is 10.3. The van der Waals surface area contributed by atoms with Gasteiger partial charge in [0, 0.05) is 24.1 Å². The van der Waals surface area contributed by atoms with Gasteiger partial charge in [0.2, 0.25) is 0 Å². The van der Waals surface area contributed by atoms with E-state index in [0.29, 0.717) is 17.4 Å². The number of pyridine rings is 1. The molecule has 0 bridgehead atoms. The zero-order chi connectivity index (χ0) is 20.6. The molecule has 0 unspecified atom stereocenters. The number of nitrogens with zero attached hydrogens (tertiary/aromatic N) is 2. The molecule has 158 valence electrons. The molecule has 0 N–H and O–H groups in total. The molecule has 2 aliphatic rings. The van der Waals surface area contributed by atoms with Crippen LogP contribution in [0.4, 0.5) is 0 Å². The Morgan fingerprint density at radius 3 is 2.38 bits per heavy atom. The third-order valence-electron chi connectivity index (χ3n) is 5.59. The summed E-state index contributed by atoms with van der Waals surface area (Å²) in [6.07, 6.45) is 2.72. The predicted octanol–water partition coefficient (Wildman–Crippen LogP) is 5.58. The molecular formula is C27H18N2O2Pt. The van der Waals surface area contributed by atoms with E-state index in [1.165, 1.54) is 11.1 Å². The first-order valence-electron chi connectivity index (χ1n) is 10.3. The number of fused-ring (bicyclic) bond motifs is 3. The Morgan fingerprint density at radius 1 is 0.812 bits per heavy atom. The third-order valence-corrected chi connectivity index (χ3v) is 5.59. The average molecular weight is 598 g/mol. The van der Waals surface area contributed by atoms with Crippen LogP contribution in [-0.2, 0) is 32.2 Å². The van der Waals surface area contributed by atoms with Crippen molar-refractivity contribution in [3.63, 3.8) is 0 Å². The van der Waals surface area contributed by atoms with Crippen LogP contribution in [0.5, 0.6) is 11.5 Å². The van der Waals surface area contributed by atoms with Gasteiger partial charge < -0.3 is 14.5 Å². The van der Waals surface area contributed by atoms with Crippen molar-refractivity contribution in [1.29, 1.82) is 0 Å². The number of ether oxygens (including phenoxy) is 2. The SMILES string of the molecule is [Pt+2].[c-]1c(Oc2[c-]c(-c3ccccn3)ccc2)cccc1C1=N[C@H]2c3ccccc3C[C@H]2O1. The molecule has 1 aliphatic heterocycles. The van der Waals surface area contributed by atoms with Gasteiger partial charge in [0.25, 0.3) is 0 Å². The Morgan fingerprint density at radius 2 is 1.56 bits per heavy atom. The molecule has 0 radical (unpaired) electrons. The van der Waals surface area contributed by atoms with Gasteiger partial charge in [-0.3, -0.25) is 4.99 Å². The molecule has 0 saturated heterocycles. The van der Waals surface area contributed by atoms with Crippen LogP contribution in [0.2, 0.25) is 0 Å². The van der Waals surface area contributed by atoms with Gasteiger partial charge >= 0.3 is 21.1 Å². The summed E-state index contributed by atoms with van der Waals surface area (Å²) in [7, 11) is 0. The first kappa shape index (κ1) is 20.7. The van der Waals surface area contributed by atoms with Gasteiger partial charge in [-0.15, -0.1) is 42.0 Å². The fraction of sp³-hybridized carbons (Fsp3) is 0.111.